The molecule has 1 aliphatic heterocycles. The molecule has 1 fully saturated rings. The Kier molecular flexibility index (Phi) is 4.75. The van der Waals surface area contributed by atoms with Crippen molar-refractivity contribution in [3.05, 3.63) is 48.0 Å². The zero-order chi connectivity index (χ0) is 20.5. The van der Waals surface area contributed by atoms with Gasteiger partial charge in [-0.2, -0.15) is 9.61 Å². The summed E-state index contributed by atoms with van der Waals surface area (Å²) in [5.74, 6) is 2.12. The van der Waals surface area contributed by atoms with Crippen LogP contribution in [0.15, 0.2) is 36.4 Å². The van der Waals surface area contributed by atoms with Gasteiger partial charge in [0.1, 0.15) is 12.3 Å². The van der Waals surface area contributed by atoms with Gasteiger partial charge in [0.2, 0.25) is 0 Å². The molecule has 0 atom stereocenters. The monoisotopic (exact) mass is 406 g/mol. The Hall–Kier alpha value is -3.53. The third kappa shape index (κ3) is 3.35. The summed E-state index contributed by atoms with van der Waals surface area (Å²) in [6, 6.07) is 11.8. The van der Waals surface area contributed by atoms with Crippen LogP contribution in [0.1, 0.15) is 24.5 Å². The third-order valence-corrected chi connectivity index (χ3v) is 5.20. The lowest BCUT2D eigenvalue weighted by molar-refractivity contribution is 0.264. The number of aliphatic hydroxyl groups excluding tert-OH is 1. The number of hydrogen-bond donors (Lipinski definition) is 1. The second kappa shape index (κ2) is 7.71. The summed E-state index contributed by atoms with van der Waals surface area (Å²) in [5, 5.41) is 27.0. The zero-order valence-corrected chi connectivity index (χ0v) is 16.6. The average molecular weight is 406 g/mol. The van der Waals surface area contributed by atoms with E-state index in [2.05, 4.69) is 25.2 Å². The van der Waals surface area contributed by atoms with Crippen LogP contribution in [0, 0.1) is 0 Å². The number of aryl methyl sites for hydroxylation is 1. The van der Waals surface area contributed by atoms with Gasteiger partial charge in [-0.15, -0.1) is 15.3 Å². The first-order valence-electron chi connectivity index (χ1n) is 9.92. The largest absolute Gasteiger partial charge is 0.467 e. The highest BCUT2D eigenvalue weighted by molar-refractivity contribution is 5.65. The van der Waals surface area contributed by atoms with Crippen molar-refractivity contribution < 1.29 is 9.84 Å². The van der Waals surface area contributed by atoms with E-state index in [4.69, 9.17) is 9.84 Å². The molecule has 0 unspecified atom stereocenters. The lowest BCUT2D eigenvalue weighted by Crippen LogP contribution is -2.20. The molecule has 1 N–H and O–H groups in total. The van der Waals surface area contributed by atoms with Crippen LogP contribution in [-0.4, -0.2) is 52.8 Å². The fourth-order valence-electron chi connectivity index (χ4n) is 3.67. The summed E-state index contributed by atoms with van der Waals surface area (Å²) in [5.41, 5.74) is 2.49. The summed E-state index contributed by atoms with van der Waals surface area (Å²) in [6.45, 7) is 1.87. The number of rotatable bonds is 6. The van der Waals surface area contributed by atoms with Crippen molar-refractivity contribution in [3.63, 3.8) is 0 Å². The number of fused-ring (bicyclic) bond motifs is 1. The smallest absolute Gasteiger partial charge is 0.256 e. The van der Waals surface area contributed by atoms with E-state index < -0.39 is 0 Å². The fraction of sp³-hybridized carbons (Fsp3) is 0.350. The number of aromatic nitrogens is 7. The second-order valence-electron chi connectivity index (χ2n) is 7.20. The van der Waals surface area contributed by atoms with E-state index in [1.54, 1.807) is 16.2 Å². The number of hydrogen-bond acceptors (Lipinski definition) is 8. The van der Waals surface area contributed by atoms with Gasteiger partial charge in [0.15, 0.2) is 29.7 Å². The summed E-state index contributed by atoms with van der Waals surface area (Å²) in [6.07, 6.45) is 2.27. The average Bonchev–Trinajstić information content (AvgIpc) is 3.51. The standard InChI is InChI=1S/C20H22N8O2/c1-26-18(12-29)21-16(24-26)13-30-20-15(27-9-5-6-10-27)11-17-22-23-19(28(17)25-20)14-7-3-2-4-8-14/h2-4,7-8,11,29H,5-6,9-10,12-13H2,1H3. The molecule has 0 spiro atoms. The molecule has 0 radical (unpaired) electrons. The molecule has 1 aromatic carbocycles. The number of anilines is 1. The minimum atomic E-state index is -0.173. The van der Waals surface area contributed by atoms with E-state index >= 15 is 0 Å². The third-order valence-electron chi connectivity index (χ3n) is 5.20. The maximum absolute atomic E-state index is 9.34. The Morgan fingerprint density at radius 1 is 1.07 bits per heavy atom. The van der Waals surface area contributed by atoms with Crippen molar-refractivity contribution >= 4 is 11.3 Å². The summed E-state index contributed by atoms with van der Waals surface area (Å²) >= 11 is 0. The first-order valence-corrected chi connectivity index (χ1v) is 9.92. The SMILES string of the molecule is Cn1nc(COc2nn3c(-c4ccccc4)nnc3cc2N2CCCC2)nc1CO. The Bertz CT molecular complexity index is 1160. The Labute approximate surface area is 172 Å². The highest BCUT2D eigenvalue weighted by atomic mass is 16.5. The van der Waals surface area contributed by atoms with E-state index in [1.165, 1.54) is 0 Å². The summed E-state index contributed by atoms with van der Waals surface area (Å²) < 4.78 is 9.32. The molecule has 5 rings (SSSR count). The predicted octanol–water partition coefficient (Wildman–Crippen LogP) is 1.59. The molecular formula is C20H22N8O2. The summed E-state index contributed by atoms with van der Waals surface area (Å²) in [7, 11) is 1.74. The first-order chi connectivity index (χ1) is 14.7. The fourth-order valence-corrected chi connectivity index (χ4v) is 3.67. The van der Waals surface area contributed by atoms with Gasteiger partial charge in [-0.05, 0) is 12.8 Å². The quantitative estimate of drug-likeness (QED) is 0.515. The number of aliphatic hydroxyl groups is 1. The molecule has 1 saturated heterocycles. The Balaban J connectivity index is 1.53. The van der Waals surface area contributed by atoms with Crippen LogP contribution in [0.25, 0.3) is 17.0 Å². The van der Waals surface area contributed by atoms with Gasteiger partial charge in [0.05, 0.1) is 0 Å². The maximum Gasteiger partial charge on any atom is 0.256 e. The van der Waals surface area contributed by atoms with Crippen molar-refractivity contribution in [1.29, 1.82) is 0 Å². The van der Waals surface area contributed by atoms with Crippen LogP contribution in [0.4, 0.5) is 5.69 Å². The maximum atomic E-state index is 9.34. The van der Waals surface area contributed by atoms with Crippen LogP contribution < -0.4 is 9.64 Å². The highest BCUT2D eigenvalue weighted by Crippen LogP contribution is 2.31. The van der Waals surface area contributed by atoms with Crippen LogP contribution in [0.3, 0.4) is 0 Å². The topological polar surface area (TPSA) is 106 Å². The van der Waals surface area contributed by atoms with Gasteiger partial charge in [0.25, 0.3) is 5.88 Å². The van der Waals surface area contributed by atoms with E-state index in [9.17, 15) is 5.11 Å². The predicted molar refractivity (Wildman–Crippen MR) is 109 cm³/mol. The van der Waals surface area contributed by atoms with Crippen molar-refractivity contribution in [2.75, 3.05) is 18.0 Å². The number of ether oxygens (including phenoxy) is 1. The Morgan fingerprint density at radius 3 is 2.60 bits per heavy atom. The molecule has 1 aliphatic rings. The number of nitrogens with zero attached hydrogens (tertiary/aromatic N) is 8. The molecule has 0 aliphatic carbocycles. The second-order valence-corrected chi connectivity index (χ2v) is 7.20. The van der Waals surface area contributed by atoms with Crippen LogP contribution in [-0.2, 0) is 20.3 Å². The molecule has 0 saturated carbocycles. The number of benzene rings is 1. The zero-order valence-electron chi connectivity index (χ0n) is 16.6. The van der Waals surface area contributed by atoms with Crippen LogP contribution >= 0.6 is 0 Å². The molecule has 0 bridgehead atoms. The van der Waals surface area contributed by atoms with Crippen LogP contribution in [0.5, 0.6) is 5.88 Å². The van der Waals surface area contributed by atoms with E-state index in [0.717, 1.165) is 37.2 Å². The summed E-state index contributed by atoms with van der Waals surface area (Å²) in [4.78, 5) is 6.55. The van der Waals surface area contributed by atoms with Crippen LogP contribution in [0.2, 0.25) is 0 Å². The van der Waals surface area contributed by atoms with Crippen molar-refractivity contribution in [2.24, 2.45) is 7.05 Å². The van der Waals surface area contributed by atoms with E-state index in [1.807, 2.05) is 36.4 Å². The van der Waals surface area contributed by atoms with Gasteiger partial charge < -0.3 is 14.7 Å². The van der Waals surface area contributed by atoms with Gasteiger partial charge in [-0.25, -0.2) is 4.98 Å². The highest BCUT2D eigenvalue weighted by Gasteiger charge is 2.22. The molecule has 10 heteroatoms. The first kappa shape index (κ1) is 18.5. The van der Waals surface area contributed by atoms with Gasteiger partial charge in [-0.3, -0.25) is 4.68 Å². The van der Waals surface area contributed by atoms with E-state index in [-0.39, 0.29) is 13.2 Å². The minimum absolute atomic E-state index is 0.149. The normalized spacial score (nSPS) is 14.0. The minimum Gasteiger partial charge on any atom is -0.467 e. The molecular weight excluding hydrogens is 384 g/mol. The molecule has 10 nitrogen and oxygen atoms in total. The molecule has 3 aromatic heterocycles. The van der Waals surface area contributed by atoms with Gasteiger partial charge in [-0.1, -0.05) is 30.3 Å². The van der Waals surface area contributed by atoms with Crippen molar-refractivity contribution in [1.82, 2.24) is 34.6 Å². The molecule has 154 valence electrons. The lowest BCUT2D eigenvalue weighted by Gasteiger charge is -2.20. The van der Waals surface area contributed by atoms with E-state index in [0.29, 0.717) is 29.0 Å². The Morgan fingerprint density at radius 2 is 1.87 bits per heavy atom. The molecule has 0 amide bonds. The van der Waals surface area contributed by atoms with Crippen molar-refractivity contribution in [3.8, 4) is 17.3 Å². The van der Waals surface area contributed by atoms with Gasteiger partial charge in [0, 0.05) is 31.8 Å². The molecule has 4 aromatic rings. The van der Waals surface area contributed by atoms with Gasteiger partial charge >= 0.3 is 0 Å². The van der Waals surface area contributed by atoms with Crippen molar-refractivity contribution in [2.45, 2.75) is 26.1 Å². The molecule has 30 heavy (non-hydrogen) atoms. The lowest BCUT2D eigenvalue weighted by atomic mass is 10.2. The molecule has 4 heterocycles.